The molecule has 1 amide bonds. The summed E-state index contributed by atoms with van der Waals surface area (Å²) < 4.78 is 22.2. The van der Waals surface area contributed by atoms with E-state index in [1.807, 2.05) is 32.0 Å². The summed E-state index contributed by atoms with van der Waals surface area (Å²) in [5.74, 6) is 0.174. The minimum absolute atomic E-state index is 0.0113. The molecule has 0 aliphatic rings. The van der Waals surface area contributed by atoms with Gasteiger partial charge in [-0.2, -0.15) is 5.10 Å². The Bertz CT molecular complexity index is 1420. The van der Waals surface area contributed by atoms with Crippen molar-refractivity contribution in [1.82, 2.24) is 25.1 Å². The van der Waals surface area contributed by atoms with Crippen LogP contribution in [0.1, 0.15) is 49.0 Å². The first kappa shape index (κ1) is 25.5. The molecule has 2 aromatic carbocycles. The van der Waals surface area contributed by atoms with Gasteiger partial charge in [0, 0.05) is 16.6 Å². The van der Waals surface area contributed by atoms with Gasteiger partial charge in [-0.1, -0.05) is 30.7 Å². The first-order valence-electron chi connectivity index (χ1n) is 11.6. The van der Waals surface area contributed by atoms with Crippen molar-refractivity contribution in [1.29, 1.82) is 0 Å². The molecule has 2 N–H and O–H groups in total. The molecule has 0 saturated heterocycles. The Hall–Kier alpha value is -3.56. The van der Waals surface area contributed by atoms with Crippen LogP contribution >= 0.6 is 11.6 Å². The predicted molar refractivity (Wildman–Crippen MR) is 135 cm³/mol. The van der Waals surface area contributed by atoms with Gasteiger partial charge in [0.05, 0.1) is 16.8 Å². The number of amides is 1. The zero-order chi connectivity index (χ0) is 26.0. The van der Waals surface area contributed by atoms with Gasteiger partial charge in [0.25, 0.3) is 0 Å². The number of fused-ring (bicyclic) bond motifs is 1. The second kappa shape index (κ2) is 10.6. The van der Waals surface area contributed by atoms with Crippen molar-refractivity contribution in [2.24, 2.45) is 0 Å². The third kappa shape index (κ3) is 5.17. The number of aryl methyl sites for hydroxylation is 2. The van der Waals surface area contributed by atoms with Gasteiger partial charge in [-0.25, -0.2) is 19.0 Å². The average molecular weight is 512 g/mol. The highest BCUT2D eigenvalue weighted by molar-refractivity contribution is 6.31. The molecule has 10 heteroatoms. The fraction of sp³-hybridized carbons (Fsp3) is 0.308. The maximum Gasteiger partial charge on any atom is 0.249 e. The number of rotatable bonds is 8. The highest BCUT2D eigenvalue weighted by atomic mass is 35.5. The van der Waals surface area contributed by atoms with Crippen molar-refractivity contribution < 1.29 is 19.0 Å². The molecule has 4 rings (SSSR count). The lowest BCUT2D eigenvalue weighted by Crippen LogP contribution is -2.36. The number of carbonyl (C=O) groups excluding carboxylic acids is 1. The van der Waals surface area contributed by atoms with E-state index in [1.165, 1.54) is 18.5 Å². The summed E-state index contributed by atoms with van der Waals surface area (Å²) >= 11 is 6.41. The minimum atomic E-state index is -1.15. The van der Waals surface area contributed by atoms with Crippen LogP contribution in [0.15, 0.2) is 42.7 Å². The number of pyridine rings is 1. The van der Waals surface area contributed by atoms with Gasteiger partial charge in [0.2, 0.25) is 5.91 Å². The van der Waals surface area contributed by atoms with Crippen LogP contribution in [0.4, 0.5) is 4.39 Å². The number of hydrogen-bond acceptors (Lipinski definition) is 6. The zero-order valence-corrected chi connectivity index (χ0v) is 21.2. The number of aromatic nitrogens is 4. The molecule has 0 unspecified atom stereocenters. The number of nitrogens with one attached hydrogen (secondary N) is 1. The lowest BCUT2D eigenvalue weighted by molar-refractivity contribution is -0.130. The van der Waals surface area contributed by atoms with E-state index in [9.17, 15) is 14.3 Å². The van der Waals surface area contributed by atoms with Crippen molar-refractivity contribution in [3.63, 3.8) is 0 Å². The molecule has 0 bridgehead atoms. The Morgan fingerprint density at radius 3 is 2.75 bits per heavy atom. The molecule has 36 heavy (non-hydrogen) atoms. The van der Waals surface area contributed by atoms with Crippen LogP contribution in [0.3, 0.4) is 0 Å². The van der Waals surface area contributed by atoms with Crippen molar-refractivity contribution in [3.05, 3.63) is 76.2 Å². The molecule has 2 atom stereocenters. The number of carbonyl (C=O) groups is 1. The number of ether oxygens (including phenoxy) is 1. The van der Waals surface area contributed by atoms with Gasteiger partial charge < -0.3 is 15.2 Å². The molecule has 188 valence electrons. The number of para-hydroxylation sites is 1. The lowest BCUT2D eigenvalue weighted by atomic mass is 10.0. The summed E-state index contributed by atoms with van der Waals surface area (Å²) in [5, 5.41) is 17.9. The minimum Gasteiger partial charge on any atom is -0.487 e. The fourth-order valence-corrected chi connectivity index (χ4v) is 4.31. The highest BCUT2D eigenvalue weighted by Crippen LogP contribution is 2.32. The van der Waals surface area contributed by atoms with Gasteiger partial charge in [-0.05, 0) is 57.0 Å². The molecule has 8 nitrogen and oxygen atoms in total. The predicted octanol–water partition coefficient (Wildman–Crippen LogP) is 4.75. The van der Waals surface area contributed by atoms with Crippen molar-refractivity contribution in [2.45, 2.75) is 52.9 Å². The average Bonchev–Trinajstić information content (AvgIpc) is 3.27. The quantitative estimate of drug-likeness (QED) is 0.354. The standard InChI is InChI=1S/C26H27ClFN5O3/c1-5-23(34)26(35)32-15(3)19-10-17(28)11-21(27)20(19)12-36-24-8-6-7-18-22(9-14(2)31-25(18)24)33-16(4)29-13-30-33/h6-11,13,15,23,34H,5,12H2,1-4H3,(H,32,35)/t15-,23+/m0/s1. The van der Waals surface area contributed by atoms with E-state index >= 15 is 0 Å². The number of nitrogens with zero attached hydrogens (tertiary/aromatic N) is 4. The smallest absolute Gasteiger partial charge is 0.249 e. The van der Waals surface area contributed by atoms with Gasteiger partial charge in [-0.15, -0.1) is 0 Å². The van der Waals surface area contributed by atoms with Gasteiger partial charge in [-0.3, -0.25) is 4.79 Å². The molecule has 0 aliphatic carbocycles. The second-order valence-corrected chi connectivity index (χ2v) is 8.96. The highest BCUT2D eigenvalue weighted by Gasteiger charge is 2.21. The number of benzene rings is 2. The molecular weight excluding hydrogens is 485 g/mol. The SMILES string of the molecule is CC[C@@H](O)C(=O)N[C@@H](C)c1cc(F)cc(Cl)c1COc1cccc2c(-n3ncnc3C)cc(C)nc12. The third-order valence-electron chi connectivity index (χ3n) is 5.94. The maximum absolute atomic E-state index is 14.2. The maximum atomic E-state index is 14.2. The Balaban J connectivity index is 1.69. The van der Waals surface area contributed by atoms with Crippen LogP contribution in [-0.4, -0.2) is 36.9 Å². The Morgan fingerprint density at radius 2 is 2.06 bits per heavy atom. The number of halogens is 2. The van der Waals surface area contributed by atoms with E-state index in [0.717, 1.165) is 22.6 Å². The van der Waals surface area contributed by atoms with E-state index in [0.29, 0.717) is 22.4 Å². The van der Waals surface area contributed by atoms with Crippen LogP contribution in [0.5, 0.6) is 5.75 Å². The summed E-state index contributed by atoms with van der Waals surface area (Å²) in [6.07, 6.45) is 0.612. The van der Waals surface area contributed by atoms with Gasteiger partial charge >= 0.3 is 0 Å². The van der Waals surface area contributed by atoms with Gasteiger partial charge in [0.1, 0.15) is 41.9 Å². The topological polar surface area (TPSA) is 102 Å². The van der Waals surface area contributed by atoms with E-state index in [4.69, 9.17) is 16.3 Å². The van der Waals surface area contributed by atoms with Gasteiger partial charge in [0.15, 0.2) is 0 Å². The van der Waals surface area contributed by atoms with Crippen molar-refractivity contribution in [2.75, 3.05) is 0 Å². The van der Waals surface area contributed by atoms with E-state index in [-0.39, 0.29) is 18.1 Å². The molecule has 2 heterocycles. The fourth-order valence-electron chi connectivity index (χ4n) is 4.04. The van der Waals surface area contributed by atoms with E-state index < -0.39 is 23.9 Å². The summed E-state index contributed by atoms with van der Waals surface area (Å²) in [5.41, 5.74) is 3.21. The number of aliphatic hydroxyl groups excluding tert-OH is 1. The molecule has 0 aliphatic heterocycles. The van der Waals surface area contributed by atoms with Crippen LogP contribution in [-0.2, 0) is 11.4 Å². The Morgan fingerprint density at radius 1 is 1.28 bits per heavy atom. The van der Waals surface area contributed by atoms with Crippen LogP contribution in [0, 0.1) is 19.7 Å². The van der Waals surface area contributed by atoms with Crippen molar-refractivity contribution in [3.8, 4) is 11.4 Å². The summed E-state index contributed by atoms with van der Waals surface area (Å²) in [6, 6.07) is 9.41. The Labute approximate surface area is 213 Å². The molecular formula is C26H27ClFN5O3. The van der Waals surface area contributed by atoms with Crippen LogP contribution < -0.4 is 10.1 Å². The largest absolute Gasteiger partial charge is 0.487 e. The van der Waals surface area contributed by atoms with E-state index in [2.05, 4.69) is 20.4 Å². The monoisotopic (exact) mass is 511 g/mol. The molecule has 0 spiro atoms. The molecule has 0 radical (unpaired) electrons. The molecule has 4 aromatic rings. The van der Waals surface area contributed by atoms with Crippen LogP contribution in [0.25, 0.3) is 16.6 Å². The normalized spacial score (nSPS) is 13.0. The summed E-state index contributed by atoms with van der Waals surface area (Å²) in [6.45, 7) is 7.16. The second-order valence-electron chi connectivity index (χ2n) is 8.55. The first-order chi connectivity index (χ1) is 17.2. The Kier molecular flexibility index (Phi) is 7.51. The third-order valence-corrected chi connectivity index (χ3v) is 6.27. The molecule has 0 fully saturated rings. The number of aliphatic hydroxyl groups is 1. The van der Waals surface area contributed by atoms with Crippen molar-refractivity contribution >= 4 is 28.4 Å². The van der Waals surface area contributed by atoms with E-state index in [1.54, 1.807) is 24.6 Å². The zero-order valence-electron chi connectivity index (χ0n) is 20.4. The lowest BCUT2D eigenvalue weighted by Gasteiger charge is -2.21. The van der Waals surface area contributed by atoms with Crippen LogP contribution in [0.2, 0.25) is 5.02 Å². The summed E-state index contributed by atoms with van der Waals surface area (Å²) in [7, 11) is 0. The molecule has 2 aromatic heterocycles. The summed E-state index contributed by atoms with van der Waals surface area (Å²) in [4.78, 5) is 21.1. The number of hydrogen-bond donors (Lipinski definition) is 2. The first-order valence-corrected chi connectivity index (χ1v) is 11.9. The molecule has 0 saturated carbocycles.